The van der Waals surface area contributed by atoms with E-state index in [0.717, 1.165) is 11.1 Å². The molecule has 0 unspecified atom stereocenters. The Morgan fingerprint density at radius 2 is 2.03 bits per heavy atom. The molecular weight excluding hydrogens is 466 g/mol. The van der Waals surface area contributed by atoms with E-state index in [9.17, 15) is 10.1 Å². The van der Waals surface area contributed by atoms with Crippen molar-refractivity contribution in [2.45, 2.75) is 19.9 Å². The Morgan fingerprint density at radius 3 is 2.74 bits per heavy atom. The number of hydrogen-bond acceptors (Lipinski definition) is 8. The van der Waals surface area contributed by atoms with Gasteiger partial charge in [0.2, 0.25) is 5.43 Å². The van der Waals surface area contributed by atoms with Gasteiger partial charge in [0, 0.05) is 29.1 Å². The minimum atomic E-state index is -0.334. The first-order valence-corrected chi connectivity index (χ1v) is 11.1. The van der Waals surface area contributed by atoms with Crippen molar-refractivity contribution in [1.82, 2.24) is 15.1 Å². The van der Waals surface area contributed by atoms with Crippen molar-refractivity contribution in [3.63, 3.8) is 0 Å². The fraction of sp³-hybridized carbons (Fsp3) is 0.115. The summed E-state index contributed by atoms with van der Waals surface area (Å²) < 4.78 is 11.5. The second kappa shape index (κ2) is 9.05. The number of anilines is 1. The SMILES string of the molecule is Cc1cc([C@@H](C)Nc2ccc(Cl)nc2C#N)c2oc(-c3cccnc3)c(-c3cnoc3)c(=O)c2c1. The molecule has 0 fully saturated rings. The number of halogens is 1. The Labute approximate surface area is 204 Å². The molecule has 0 aliphatic rings. The van der Waals surface area contributed by atoms with Crippen molar-refractivity contribution in [3.05, 3.63) is 93.4 Å². The second-order valence-corrected chi connectivity index (χ2v) is 8.42. The van der Waals surface area contributed by atoms with E-state index in [0.29, 0.717) is 39.1 Å². The Hall–Kier alpha value is -4.48. The molecule has 0 amide bonds. The van der Waals surface area contributed by atoms with Gasteiger partial charge in [0.15, 0.2) is 5.69 Å². The van der Waals surface area contributed by atoms with Crippen LogP contribution in [-0.2, 0) is 0 Å². The maximum atomic E-state index is 13.8. The maximum absolute atomic E-state index is 13.8. The highest BCUT2D eigenvalue weighted by molar-refractivity contribution is 6.29. The van der Waals surface area contributed by atoms with Gasteiger partial charge in [-0.3, -0.25) is 9.78 Å². The van der Waals surface area contributed by atoms with Gasteiger partial charge in [0.1, 0.15) is 28.8 Å². The van der Waals surface area contributed by atoms with Crippen LogP contribution < -0.4 is 10.7 Å². The molecule has 5 aromatic rings. The molecule has 0 spiro atoms. The van der Waals surface area contributed by atoms with E-state index >= 15 is 0 Å². The normalized spacial score (nSPS) is 11.8. The van der Waals surface area contributed by atoms with Gasteiger partial charge in [-0.2, -0.15) is 5.26 Å². The summed E-state index contributed by atoms with van der Waals surface area (Å²) in [6, 6.07) is 12.4. The van der Waals surface area contributed by atoms with Crippen molar-refractivity contribution >= 4 is 28.3 Å². The van der Waals surface area contributed by atoms with Crippen molar-refractivity contribution < 1.29 is 8.94 Å². The van der Waals surface area contributed by atoms with Gasteiger partial charge in [-0.15, -0.1) is 0 Å². The Bertz CT molecular complexity index is 1640. The minimum absolute atomic E-state index is 0.175. The molecule has 1 atom stereocenters. The highest BCUT2D eigenvalue weighted by atomic mass is 35.5. The van der Waals surface area contributed by atoms with Gasteiger partial charge < -0.3 is 14.3 Å². The Kier molecular flexibility index (Phi) is 5.77. The average Bonchev–Trinajstić information content (AvgIpc) is 3.40. The average molecular weight is 484 g/mol. The molecule has 0 aliphatic carbocycles. The molecule has 0 saturated heterocycles. The van der Waals surface area contributed by atoms with Crippen LogP contribution in [0.2, 0.25) is 5.15 Å². The lowest BCUT2D eigenvalue weighted by Crippen LogP contribution is -2.13. The molecule has 1 aromatic carbocycles. The van der Waals surface area contributed by atoms with E-state index in [1.54, 1.807) is 36.7 Å². The summed E-state index contributed by atoms with van der Waals surface area (Å²) in [6.07, 6.45) is 6.18. The maximum Gasteiger partial charge on any atom is 0.201 e. The van der Waals surface area contributed by atoms with E-state index < -0.39 is 0 Å². The number of aromatic nitrogens is 3. The molecule has 4 aromatic heterocycles. The number of fused-ring (bicyclic) bond motifs is 1. The first-order chi connectivity index (χ1) is 17.0. The lowest BCUT2D eigenvalue weighted by Gasteiger charge is -2.19. The summed E-state index contributed by atoms with van der Waals surface area (Å²) in [7, 11) is 0. The molecule has 9 heteroatoms. The predicted octanol–water partition coefficient (Wildman–Crippen LogP) is 5.91. The van der Waals surface area contributed by atoms with Crippen LogP contribution in [0.25, 0.3) is 33.4 Å². The third-order valence-corrected chi connectivity index (χ3v) is 5.83. The topological polar surface area (TPSA) is 118 Å². The lowest BCUT2D eigenvalue weighted by molar-refractivity contribution is 0.420. The van der Waals surface area contributed by atoms with Crippen molar-refractivity contribution in [3.8, 4) is 28.5 Å². The van der Waals surface area contributed by atoms with E-state index in [-0.39, 0.29) is 22.3 Å². The van der Waals surface area contributed by atoms with Gasteiger partial charge in [0.05, 0.1) is 28.9 Å². The molecule has 1 N–H and O–H groups in total. The van der Waals surface area contributed by atoms with E-state index in [4.69, 9.17) is 20.5 Å². The zero-order valence-electron chi connectivity index (χ0n) is 18.7. The summed E-state index contributed by atoms with van der Waals surface area (Å²) in [5.74, 6) is 0.363. The van der Waals surface area contributed by atoms with Crippen LogP contribution in [0.5, 0.6) is 0 Å². The van der Waals surface area contributed by atoms with Crippen molar-refractivity contribution in [2.24, 2.45) is 0 Å². The first kappa shape index (κ1) is 22.3. The number of nitrogens with zero attached hydrogens (tertiary/aromatic N) is 4. The van der Waals surface area contributed by atoms with Gasteiger partial charge in [-0.05, 0) is 49.7 Å². The fourth-order valence-corrected chi connectivity index (χ4v) is 4.18. The highest BCUT2D eigenvalue weighted by Crippen LogP contribution is 2.36. The Balaban J connectivity index is 1.74. The zero-order chi connectivity index (χ0) is 24.5. The molecule has 35 heavy (non-hydrogen) atoms. The summed E-state index contributed by atoms with van der Waals surface area (Å²) in [5, 5.41) is 17.2. The van der Waals surface area contributed by atoms with Crippen molar-refractivity contribution in [2.75, 3.05) is 5.32 Å². The second-order valence-electron chi connectivity index (χ2n) is 8.03. The number of benzene rings is 1. The molecule has 0 saturated carbocycles. The molecule has 0 radical (unpaired) electrons. The third kappa shape index (κ3) is 4.14. The first-order valence-electron chi connectivity index (χ1n) is 10.7. The zero-order valence-corrected chi connectivity index (χ0v) is 19.5. The van der Waals surface area contributed by atoms with Crippen LogP contribution in [0.4, 0.5) is 5.69 Å². The van der Waals surface area contributed by atoms with Crippen LogP contribution in [-0.4, -0.2) is 15.1 Å². The van der Waals surface area contributed by atoms with Gasteiger partial charge in [-0.1, -0.05) is 22.8 Å². The summed E-state index contributed by atoms with van der Waals surface area (Å²) in [4.78, 5) is 22.1. The standard InChI is InChI=1S/C26H18ClN5O3/c1-14-8-18(15(2)31-20-5-6-22(27)32-21(20)10-28)26-19(9-14)24(33)23(17-12-30-34-13-17)25(35-26)16-4-3-7-29-11-16/h3-9,11-13,15,31H,1-2H3/t15-/m1/s1. The largest absolute Gasteiger partial charge is 0.455 e. The van der Waals surface area contributed by atoms with Crippen LogP contribution in [0.15, 0.2) is 75.0 Å². The highest BCUT2D eigenvalue weighted by Gasteiger charge is 2.23. The number of pyridine rings is 2. The van der Waals surface area contributed by atoms with Gasteiger partial charge in [-0.25, -0.2) is 4.98 Å². The monoisotopic (exact) mass is 483 g/mol. The molecule has 8 nitrogen and oxygen atoms in total. The summed E-state index contributed by atoms with van der Waals surface area (Å²) in [5.41, 5.74) is 4.05. The van der Waals surface area contributed by atoms with Gasteiger partial charge >= 0.3 is 0 Å². The third-order valence-electron chi connectivity index (χ3n) is 5.62. The number of rotatable bonds is 5. The molecule has 5 rings (SSSR count). The van der Waals surface area contributed by atoms with Crippen LogP contribution >= 0.6 is 11.6 Å². The summed E-state index contributed by atoms with van der Waals surface area (Å²) in [6.45, 7) is 3.83. The Morgan fingerprint density at radius 1 is 1.17 bits per heavy atom. The smallest absolute Gasteiger partial charge is 0.201 e. The number of nitriles is 1. The van der Waals surface area contributed by atoms with E-state index in [1.165, 1.54) is 12.5 Å². The number of nitrogens with one attached hydrogen (secondary N) is 1. The quantitative estimate of drug-likeness (QED) is 0.306. The van der Waals surface area contributed by atoms with E-state index in [2.05, 4.69) is 26.5 Å². The molecule has 0 aliphatic heterocycles. The van der Waals surface area contributed by atoms with Crippen LogP contribution in [0.1, 0.15) is 29.8 Å². The fourth-order valence-electron chi connectivity index (χ4n) is 4.04. The summed E-state index contributed by atoms with van der Waals surface area (Å²) >= 11 is 5.94. The van der Waals surface area contributed by atoms with Crippen LogP contribution in [0, 0.1) is 18.3 Å². The molecule has 172 valence electrons. The lowest BCUT2D eigenvalue weighted by atomic mass is 9.97. The molecule has 0 bridgehead atoms. The van der Waals surface area contributed by atoms with Gasteiger partial charge in [0.25, 0.3) is 0 Å². The molecule has 4 heterocycles. The number of aryl methyl sites for hydroxylation is 1. The molecular formula is C26H18ClN5O3. The van der Waals surface area contributed by atoms with Crippen LogP contribution in [0.3, 0.4) is 0 Å². The minimum Gasteiger partial charge on any atom is -0.455 e. The van der Waals surface area contributed by atoms with Crippen molar-refractivity contribution in [1.29, 1.82) is 5.26 Å². The van der Waals surface area contributed by atoms with E-state index in [1.807, 2.05) is 26.0 Å². The predicted molar refractivity (Wildman–Crippen MR) is 132 cm³/mol. The number of hydrogen-bond donors (Lipinski definition) is 1.